The van der Waals surface area contributed by atoms with Gasteiger partial charge in [0.15, 0.2) is 0 Å². The molecule has 0 spiro atoms. The molecule has 0 radical (unpaired) electrons. The van der Waals surface area contributed by atoms with Gasteiger partial charge in [-0.25, -0.2) is 9.67 Å². The summed E-state index contributed by atoms with van der Waals surface area (Å²) in [5.41, 5.74) is 7.49. The zero-order chi connectivity index (χ0) is 27.4. The molecule has 1 amide bonds. The molecule has 2 bridgehead atoms. The van der Waals surface area contributed by atoms with E-state index in [1.54, 1.807) is 10.9 Å². The summed E-state index contributed by atoms with van der Waals surface area (Å²) in [6, 6.07) is 8.45. The monoisotopic (exact) mass is 541 g/mol. The van der Waals surface area contributed by atoms with Crippen LogP contribution in [0.3, 0.4) is 0 Å². The molecule has 0 saturated carbocycles. The number of anilines is 1. The van der Waals surface area contributed by atoms with Crippen LogP contribution in [0.5, 0.6) is 5.88 Å². The van der Waals surface area contributed by atoms with Crippen LogP contribution >= 0.6 is 0 Å². The van der Waals surface area contributed by atoms with Crippen LogP contribution in [0.4, 0.5) is 5.95 Å². The molecule has 10 nitrogen and oxygen atoms in total. The molecule has 0 aliphatic carbocycles. The molecule has 0 unspecified atom stereocenters. The van der Waals surface area contributed by atoms with Crippen molar-refractivity contribution in [2.24, 2.45) is 13.0 Å². The zero-order valence-electron chi connectivity index (χ0n) is 23.3. The molecule has 3 aromatic heterocycles. The summed E-state index contributed by atoms with van der Waals surface area (Å²) in [6.07, 6.45) is 4.60. The Morgan fingerprint density at radius 2 is 2.02 bits per heavy atom. The van der Waals surface area contributed by atoms with E-state index in [4.69, 9.17) is 19.4 Å². The number of pyridine rings is 1. The first-order chi connectivity index (χ1) is 19.4. The highest BCUT2D eigenvalue weighted by Gasteiger charge is 2.31. The molecule has 10 heteroatoms. The quantitative estimate of drug-likeness (QED) is 0.390. The van der Waals surface area contributed by atoms with E-state index in [2.05, 4.69) is 38.9 Å². The molecule has 1 N–H and O–H groups in total. The van der Waals surface area contributed by atoms with Crippen LogP contribution in [0.2, 0.25) is 0 Å². The molecule has 1 saturated heterocycles. The van der Waals surface area contributed by atoms with Crippen LogP contribution in [0.1, 0.15) is 46.9 Å². The fourth-order valence-electron chi connectivity index (χ4n) is 6.22. The van der Waals surface area contributed by atoms with Gasteiger partial charge in [0.2, 0.25) is 11.8 Å². The average molecular weight is 542 g/mol. The number of hydrogen-bond acceptors (Lipinski definition) is 7. The molecule has 4 aromatic rings. The standard InChI is InChI=1S/C30H35N7O3/c1-18-5-4-10-40-29-24(13-31-35(29)3)26-12-21(11-19(2)32-26)28(38)34-30-33-25-7-6-20-15-36(22-16-39-17-22)9-8-23(20)27(25)37(30)14-18/h6-7,11-13,18,22H,4-5,8-10,14-17H2,1-3H3,(H,33,34,38)/t18-/m1/s1. The van der Waals surface area contributed by atoms with Crippen molar-refractivity contribution >= 4 is 22.9 Å². The summed E-state index contributed by atoms with van der Waals surface area (Å²) in [7, 11) is 1.86. The third-order valence-electron chi connectivity index (χ3n) is 8.45. The molecule has 40 heavy (non-hydrogen) atoms. The second-order valence-electron chi connectivity index (χ2n) is 11.4. The normalized spacial score (nSPS) is 20.4. The number of amides is 1. The molecule has 7 rings (SSSR count). The van der Waals surface area contributed by atoms with Gasteiger partial charge in [-0.2, -0.15) is 5.10 Å². The number of aromatic nitrogens is 5. The number of nitrogens with one attached hydrogen (secondary N) is 1. The van der Waals surface area contributed by atoms with Gasteiger partial charge < -0.3 is 14.0 Å². The number of aryl methyl sites for hydroxylation is 2. The van der Waals surface area contributed by atoms with E-state index in [0.717, 1.165) is 74.4 Å². The second-order valence-corrected chi connectivity index (χ2v) is 11.4. The third kappa shape index (κ3) is 4.45. The maximum atomic E-state index is 13.7. The van der Waals surface area contributed by atoms with Crippen LogP contribution < -0.4 is 10.1 Å². The fourth-order valence-corrected chi connectivity index (χ4v) is 6.22. The molecular weight excluding hydrogens is 506 g/mol. The number of carbonyl (C=O) groups is 1. The molecule has 1 fully saturated rings. The van der Waals surface area contributed by atoms with Crippen molar-refractivity contribution in [2.45, 2.75) is 52.2 Å². The lowest BCUT2D eigenvalue weighted by molar-refractivity contribution is -0.0694. The van der Waals surface area contributed by atoms with Crippen LogP contribution in [0.15, 0.2) is 30.5 Å². The van der Waals surface area contributed by atoms with Gasteiger partial charge in [-0.15, -0.1) is 0 Å². The lowest BCUT2D eigenvalue weighted by Crippen LogP contribution is -2.50. The predicted octanol–water partition coefficient (Wildman–Crippen LogP) is 3.96. The predicted molar refractivity (Wildman–Crippen MR) is 151 cm³/mol. The molecule has 1 aromatic carbocycles. The van der Waals surface area contributed by atoms with E-state index in [1.807, 2.05) is 26.1 Å². The minimum absolute atomic E-state index is 0.206. The van der Waals surface area contributed by atoms with Gasteiger partial charge in [-0.1, -0.05) is 13.0 Å². The number of imidazole rings is 1. The van der Waals surface area contributed by atoms with Gasteiger partial charge in [-0.05, 0) is 61.4 Å². The Labute approximate surface area is 233 Å². The Hall–Kier alpha value is -3.76. The lowest BCUT2D eigenvalue weighted by atomic mass is 9.96. The van der Waals surface area contributed by atoms with Crippen LogP contribution in [0.25, 0.3) is 22.3 Å². The van der Waals surface area contributed by atoms with E-state index in [9.17, 15) is 4.79 Å². The smallest absolute Gasteiger partial charge is 0.258 e. The van der Waals surface area contributed by atoms with Gasteiger partial charge in [0.1, 0.15) is 0 Å². The van der Waals surface area contributed by atoms with Crippen molar-refractivity contribution in [1.29, 1.82) is 0 Å². The van der Waals surface area contributed by atoms with Gasteiger partial charge in [0, 0.05) is 37.9 Å². The Morgan fingerprint density at radius 1 is 1.15 bits per heavy atom. The first-order valence-corrected chi connectivity index (χ1v) is 14.2. The number of nitrogens with zero attached hydrogens (tertiary/aromatic N) is 6. The Bertz CT molecular complexity index is 1600. The van der Waals surface area contributed by atoms with Crippen molar-refractivity contribution in [3.8, 4) is 17.1 Å². The summed E-state index contributed by atoms with van der Waals surface area (Å²) < 4.78 is 15.6. The van der Waals surface area contributed by atoms with E-state index < -0.39 is 0 Å². The molecular formula is C30H35N7O3. The fraction of sp³-hybridized carbons (Fsp3) is 0.467. The average Bonchev–Trinajstić information content (AvgIpc) is 3.44. The van der Waals surface area contributed by atoms with Crippen LogP contribution in [-0.4, -0.2) is 67.5 Å². The number of rotatable bonds is 1. The minimum atomic E-state index is -0.206. The maximum absolute atomic E-state index is 13.7. The molecule has 6 heterocycles. The van der Waals surface area contributed by atoms with Crippen molar-refractivity contribution in [2.75, 3.05) is 31.7 Å². The SMILES string of the molecule is Cc1cc2cc(n1)-c1cnn(C)c1OCCC[C@@H](C)Cn1c(nc3ccc4c(c31)CCN(C1COC1)C4)NC2=O. The number of fused-ring (bicyclic) bond motifs is 9. The van der Waals surface area contributed by atoms with Crippen LogP contribution in [0, 0.1) is 12.8 Å². The first-order valence-electron chi connectivity index (χ1n) is 14.2. The van der Waals surface area contributed by atoms with Gasteiger partial charge in [0.25, 0.3) is 5.91 Å². The van der Waals surface area contributed by atoms with Gasteiger partial charge >= 0.3 is 0 Å². The number of carbonyl (C=O) groups excluding carboxylic acids is 1. The van der Waals surface area contributed by atoms with Gasteiger partial charge in [-0.3, -0.25) is 20.0 Å². The molecule has 1 atom stereocenters. The van der Waals surface area contributed by atoms with E-state index in [1.165, 1.54) is 11.1 Å². The topological polar surface area (TPSA) is 99.3 Å². The maximum Gasteiger partial charge on any atom is 0.258 e. The Morgan fingerprint density at radius 3 is 2.85 bits per heavy atom. The van der Waals surface area contributed by atoms with E-state index in [-0.39, 0.29) is 5.91 Å². The van der Waals surface area contributed by atoms with E-state index in [0.29, 0.717) is 41.7 Å². The van der Waals surface area contributed by atoms with Crippen molar-refractivity contribution in [3.63, 3.8) is 0 Å². The third-order valence-corrected chi connectivity index (χ3v) is 8.45. The molecule has 3 aliphatic rings. The van der Waals surface area contributed by atoms with Crippen molar-refractivity contribution in [1.82, 2.24) is 29.2 Å². The summed E-state index contributed by atoms with van der Waals surface area (Å²) in [5.74, 6) is 1.42. The zero-order valence-corrected chi connectivity index (χ0v) is 23.3. The van der Waals surface area contributed by atoms with Gasteiger partial charge in [0.05, 0.1) is 54.4 Å². The summed E-state index contributed by atoms with van der Waals surface area (Å²) >= 11 is 0. The van der Waals surface area contributed by atoms with E-state index >= 15 is 0 Å². The summed E-state index contributed by atoms with van der Waals surface area (Å²) in [6.45, 7) is 9.08. The van der Waals surface area contributed by atoms with Crippen molar-refractivity contribution < 1.29 is 14.3 Å². The Kier molecular flexibility index (Phi) is 6.31. The largest absolute Gasteiger partial charge is 0.477 e. The highest BCUT2D eigenvalue weighted by molar-refractivity contribution is 6.05. The second kappa shape index (κ2) is 10.0. The molecule has 3 aliphatic heterocycles. The highest BCUT2D eigenvalue weighted by atomic mass is 16.5. The number of benzene rings is 1. The summed E-state index contributed by atoms with van der Waals surface area (Å²) in [4.78, 5) is 25.9. The van der Waals surface area contributed by atoms with Crippen LogP contribution in [-0.2, 0) is 31.3 Å². The number of ether oxygens (including phenoxy) is 2. The summed E-state index contributed by atoms with van der Waals surface area (Å²) in [5, 5.41) is 7.56. The molecule has 208 valence electrons. The lowest BCUT2D eigenvalue weighted by Gasteiger charge is -2.40. The van der Waals surface area contributed by atoms with Crippen molar-refractivity contribution in [3.05, 3.63) is 52.8 Å². The Balaban J connectivity index is 1.30. The first kappa shape index (κ1) is 25.2. The minimum Gasteiger partial charge on any atom is -0.477 e. The highest BCUT2D eigenvalue weighted by Crippen LogP contribution is 2.34. The number of hydrogen-bond donors (Lipinski definition) is 1.